The van der Waals surface area contributed by atoms with Gasteiger partial charge >= 0.3 is 5.97 Å². The molecule has 0 radical (unpaired) electrons. The fourth-order valence-electron chi connectivity index (χ4n) is 1.22. The molecule has 0 spiro atoms. The summed E-state index contributed by atoms with van der Waals surface area (Å²) in [6.07, 6.45) is 0. The topological polar surface area (TPSA) is 44.8 Å². The van der Waals surface area contributed by atoms with Gasteiger partial charge in [-0.15, -0.1) is 0 Å². The molecule has 0 saturated carbocycles. The van der Waals surface area contributed by atoms with Crippen molar-refractivity contribution in [3.8, 4) is 5.75 Å². The van der Waals surface area contributed by atoms with Crippen LogP contribution in [0.4, 0.5) is 0 Å². The third-order valence-corrected chi connectivity index (χ3v) is 2.81. The molecule has 0 atom stereocenters. The molecule has 0 unspecified atom stereocenters. The zero-order chi connectivity index (χ0) is 12.1. The van der Waals surface area contributed by atoms with Crippen LogP contribution < -0.4 is 4.74 Å². The molecule has 0 heterocycles. The zero-order valence-corrected chi connectivity index (χ0v) is 11.0. The second kappa shape index (κ2) is 5.86. The lowest BCUT2D eigenvalue weighted by Crippen LogP contribution is -2.06. The fourth-order valence-corrected chi connectivity index (χ4v) is 1.94. The summed E-state index contributed by atoms with van der Waals surface area (Å²) in [6.45, 7) is 2.01. The Morgan fingerprint density at radius 3 is 2.62 bits per heavy atom. The first-order valence-electron chi connectivity index (χ1n) is 4.61. The van der Waals surface area contributed by atoms with Gasteiger partial charge in [-0.1, -0.05) is 6.07 Å². The number of esters is 1. The van der Waals surface area contributed by atoms with E-state index < -0.39 is 5.97 Å². The SMILES string of the molecule is COCOc1c(C)ccc(C(=O)OC)c1Br. The highest BCUT2D eigenvalue weighted by molar-refractivity contribution is 9.10. The molecule has 0 aromatic heterocycles. The minimum atomic E-state index is -0.408. The summed E-state index contributed by atoms with van der Waals surface area (Å²) in [5.41, 5.74) is 1.34. The standard InChI is InChI=1S/C11H13BrO4/c1-7-4-5-8(11(13)15-3)9(12)10(7)16-6-14-2/h4-5H,6H2,1-3H3. The Labute approximate surface area is 103 Å². The predicted octanol–water partition coefficient (Wildman–Crippen LogP) is 2.53. The van der Waals surface area contributed by atoms with Crippen LogP contribution in [-0.4, -0.2) is 27.0 Å². The normalized spacial score (nSPS) is 10.0. The van der Waals surface area contributed by atoms with E-state index in [4.69, 9.17) is 9.47 Å². The molecule has 0 fully saturated rings. The highest BCUT2D eigenvalue weighted by atomic mass is 79.9. The number of carbonyl (C=O) groups excluding carboxylic acids is 1. The Bertz CT molecular complexity index is 390. The lowest BCUT2D eigenvalue weighted by atomic mass is 10.1. The molecular formula is C11H13BrO4. The van der Waals surface area contributed by atoms with Gasteiger partial charge in [0.1, 0.15) is 5.75 Å². The zero-order valence-electron chi connectivity index (χ0n) is 9.37. The highest BCUT2D eigenvalue weighted by Gasteiger charge is 2.16. The summed E-state index contributed by atoms with van der Waals surface area (Å²) >= 11 is 3.32. The molecule has 1 aromatic carbocycles. The summed E-state index contributed by atoms with van der Waals surface area (Å²) < 4.78 is 15.4. The maximum Gasteiger partial charge on any atom is 0.339 e. The summed E-state index contributed by atoms with van der Waals surface area (Å²) in [4.78, 5) is 11.4. The molecule has 88 valence electrons. The number of benzene rings is 1. The molecule has 5 heteroatoms. The molecule has 0 N–H and O–H groups in total. The molecule has 0 aliphatic carbocycles. The van der Waals surface area contributed by atoms with Crippen LogP contribution in [0, 0.1) is 6.92 Å². The van der Waals surface area contributed by atoms with Gasteiger partial charge in [0.05, 0.1) is 17.1 Å². The smallest absolute Gasteiger partial charge is 0.339 e. The second-order valence-corrected chi connectivity index (χ2v) is 3.91. The summed E-state index contributed by atoms with van der Waals surface area (Å²) in [6, 6.07) is 3.48. The van der Waals surface area contributed by atoms with Crippen LogP contribution in [0.3, 0.4) is 0 Å². The molecule has 0 saturated heterocycles. The second-order valence-electron chi connectivity index (χ2n) is 3.12. The van der Waals surface area contributed by atoms with E-state index in [1.54, 1.807) is 12.1 Å². The summed E-state index contributed by atoms with van der Waals surface area (Å²) in [5, 5.41) is 0. The Kier molecular flexibility index (Phi) is 4.76. The van der Waals surface area contributed by atoms with Crippen LogP contribution in [0.25, 0.3) is 0 Å². The van der Waals surface area contributed by atoms with Crippen LogP contribution in [-0.2, 0) is 9.47 Å². The predicted molar refractivity (Wildman–Crippen MR) is 62.7 cm³/mol. The lowest BCUT2D eigenvalue weighted by molar-refractivity contribution is 0.0492. The third kappa shape index (κ3) is 2.74. The van der Waals surface area contributed by atoms with Crippen LogP contribution in [0.5, 0.6) is 5.75 Å². The van der Waals surface area contributed by atoms with E-state index in [1.807, 2.05) is 6.92 Å². The van der Waals surface area contributed by atoms with Gasteiger partial charge in [0.25, 0.3) is 0 Å². The van der Waals surface area contributed by atoms with Crippen LogP contribution >= 0.6 is 15.9 Å². The maximum atomic E-state index is 11.4. The Morgan fingerprint density at radius 2 is 2.06 bits per heavy atom. The minimum absolute atomic E-state index is 0.129. The molecule has 0 bridgehead atoms. The van der Waals surface area contributed by atoms with Gasteiger partial charge < -0.3 is 14.2 Å². The number of rotatable bonds is 4. The van der Waals surface area contributed by atoms with Crippen molar-refractivity contribution < 1.29 is 19.0 Å². The van der Waals surface area contributed by atoms with E-state index in [1.165, 1.54) is 14.2 Å². The van der Waals surface area contributed by atoms with Crippen molar-refractivity contribution in [1.82, 2.24) is 0 Å². The molecule has 0 amide bonds. The molecule has 4 nitrogen and oxygen atoms in total. The van der Waals surface area contributed by atoms with E-state index in [9.17, 15) is 4.79 Å². The van der Waals surface area contributed by atoms with Crippen LogP contribution in [0.2, 0.25) is 0 Å². The minimum Gasteiger partial charge on any atom is -0.466 e. The van der Waals surface area contributed by atoms with Crippen molar-refractivity contribution in [2.75, 3.05) is 21.0 Å². The Hall–Kier alpha value is -1.07. The van der Waals surface area contributed by atoms with Gasteiger partial charge in [0, 0.05) is 7.11 Å². The molecule has 0 aliphatic heterocycles. The van der Waals surface area contributed by atoms with Crippen molar-refractivity contribution >= 4 is 21.9 Å². The molecular weight excluding hydrogens is 276 g/mol. The van der Waals surface area contributed by atoms with Gasteiger partial charge in [0.2, 0.25) is 0 Å². The first kappa shape index (κ1) is 13.0. The lowest BCUT2D eigenvalue weighted by Gasteiger charge is -2.12. The van der Waals surface area contributed by atoms with Crippen molar-refractivity contribution in [1.29, 1.82) is 0 Å². The van der Waals surface area contributed by atoms with Crippen molar-refractivity contribution in [3.05, 3.63) is 27.7 Å². The Morgan fingerprint density at radius 1 is 1.38 bits per heavy atom. The van der Waals surface area contributed by atoms with Crippen molar-refractivity contribution in [2.45, 2.75) is 6.92 Å². The number of aryl methyl sites for hydroxylation is 1. The van der Waals surface area contributed by atoms with E-state index in [0.29, 0.717) is 15.8 Å². The first-order chi connectivity index (χ1) is 7.61. The number of hydrogen-bond donors (Lipinski definition) is 0. The first-order valence-corrected chi connectivity index (χ1v) is 5.40. The third-order valence-electron chi connectivity index (χ3n) is 2.02. The number of halogens is 1. The monoisotopic (exact) mass is 288 g/mol. The summed E-state index contributed by atoms with van der Waals surface area (Å²) in [5.74, 6) is 0.180. The number of ether oxygens (including phenoxy) is 3. The molecule has 1 aromatic rings. The number of carbonyl (C=O) groups is 1. The van der Waals surface area contributed by atoms with Crippen LogP contribution in [0.15, 0.2) is 16.6 Å². The van der Waals surface area contributed by atoms with Gasteiger partial charge in [-0.2, -0.15) is 0 Å². The average molecular weight is 289 g/mol. The Balaban J connectivity index is 3.11. The summed E-state index contributed by atoms with van der Waals surface area (Å²) in [7, 11) is 2.87. The maximum absolute atomic E-state index is 11.4. The fraction of sp³-hybridized carbons (Fsp3) is 0.364. The van der Waals surface area contributed by atoms with E-state index in [2.05, 4.69) is 20.7 Å². The van der Waals surface area contributed by atoms with Gasteiger partial charge in [-0.3, -0.25) is 0 Å². The van der Waals surface area contributed by atoms with Gasteiger partial charge in [-0.05, 0) is 34.5 Å². The van der Waals surface area contributed by atoms with E-state index >= 15 is 0 Å². The van der Waals surface area contributed by atoms with Crippen molar-refractivity contribution in [2.24, 2.45) is 0 Å². The number of hydrogen-bond acceptors (Lipinski definition) is 4. The largest absolute Gasteiger partial charge is 0.466 e. The van der Waals surface area contributed by atoms with E-state index in [0.717, 1.165) is 5.56 Å². The molecule has 0 aliphatic rings. The van der Waals surface area contributed by atoms with Gasteiger partial charge in [0.15, 0.2) is 6.79 Å². The van der Waals surface area contributed by atoms with Gasteiger partial charge in [-0.25, -0.2) is 4.79 Å². The number of methoxy groups -OCH3 is 2. The molecule has 16 heavy (non-hydrogen) atoms. The quantitative estimate of drug-likeness (QED) is 0.631. The van der Waals surface area contributed by atoms with Crippen molar-refractivity contribution in [3.63, 3.8) is 0 Å². The highest BCUT2D eigenvalue weighted by Crippen LogP contribution is 2.32. The molecule has 1 rings (SSSR count). The van der Waals surface area contributed by atoms with Crippen LogP contribution in [0.1, 0.15) is 15.9 Å². The van der Waals surface area contributed by atoms with E-state index in [-0.39, 0.29) is 6.79 Å². The average Bonchev–Trinajstić information content (AvgIpc) is 2.28.